The average molecular weight is 466 g/mol. The topological polar surface area (TPSA) is 79.4 Å². The van der Waals surface area contributed by atoms with Gasteiger partial charge in [-0.05, 0) is 47.9 Å². The van der Waals surface area contributed by atoms with Gasteiger partial charge in [-0.3, -0.25) is 4.79 Å². The number of fused-ring (bicyclic) bond motifs is 2. The van der Waals surface area contributed by atoms with Gasteiger partial charge in [0.2, 0.25) is 15.9 Å². The molecule has 1 fully saturated rings. The minimum absolute atomic E-state index is 0.0306. The number of carbonyl (C=O) groups is 1. The first-order valence-corrected chi connectivity index (χ1v) is 12.9. The van der Waals surface area contributed by atoms with Crippen LogP contribution in [0.1, 0.15) is 30.3 Å². The molecule has 1 aliphatic rings. The maximum atomic E-state index is 12.9. The van der Waals surface area contributed by atoms with Crippen LogP contribution in [0.3, 0.4) is 0 Å². The van der Waals surface area contributed by atoms with Crippen LogP contribution in [0.2, 0.25) is 0 Å². The summed E-state index contributed by atoms with van der Waals surface area (Å²) >= 11 is 1.63. The normalized spacial score (nSPS) is 16.8. The maximum Gasteiger partial charge on any atom is 0.240 e. The molecule has 0 bridgehead atoms. The molecule has 1 atom stereocenters. The summed E-state index contributed by atoms with van der Waals surface area (Å²) in [5.41, 5.74) is 0.954. The summed E-state index contributed by atoms with van der Waals surface area (Å²) < 4.78 is 29.1. The highest BCUT2D eigenvalue weighted by Gasteiger charge is 2.32. The summed E-state index contributed by atoms with van der Waals surface area (Å²) in [5, 5.41) is 2.80. The molecule has 6 nitrogen and oxygen atoms in total. The van der Waals surface area contributed by atoms with E-state index in [0.717, 1.165) is 38.8 Å². The van der Waals surface area contributed by atoms with E-state index in [9.17, 15) is 13.2 Å². The highest BCUT2D eigenvalue weighted by molar-refractivity contribution is 7.89. The van der Waals surface area contributed by atoms with E-state index in [2.05, 4.69) is 4.72 Å². The summed E-state index contributed by atoms with van der Waals surface area (Å²) in [7, 11) is -3.68. The van der Waals surface area contributed by atoms with Gasteiger partial charge >= 0.3 is 0 Å². The summed E-state index contributed by atoms with van der Waals surface area (Å²) in [6, 6.07) is 20.6. The second-order valence-corrected chi connectivity index (χ2v) is 10.8. The molecule has 8 heteroatoms. The van der Waals surface area contributed by atoms with E-state index in [0.29, 0.717) is 6.54 Å². The Morgan fingerprint density at radius 3 is 2.69 bits per heavy atom. The van der Waals surface area contributed by atoms with E-state index in [1.807, 2.05) is 53.4 Å². The van der Waals surface area contributed by atoms with Crippen LogP contribution in [0.5, 0.6) is 0 Å². The molecule has 1 saturated heterocycles. The third kappa shape index (κ3) is 4.13. The number of carbonyl (C=O) groups excluding carboxylic acids is 1. The van der Waals surface area contributed by atoms with Gasteiger partial charge in [0.15, 0.2) is 0 Å². The molecular weight excluding hydrogens is 442 g/mol. The molecule has 2 heterocycles. The molecule has 4 aromatic rings. The predicted octanol–water partition coefficient (Wildman–Crippen LogP) is 4.48. The van der Waals surface area contributed by atoms with Gasteiger partial charge in [0, 0.05) is 19.5 Å². The zero-order valence-corrected chi connectivity index (χ0v) is 19.0. The molecule has 0 radical (unpaired) electrons. The van der Waals surface area contributed by atoms with Crippen LogP contribution in [-0.2, 0) is 14.8 Å². The highest BCUT2D eigenvalue weighted by Crippen LogP contribution is 2.36. The summed E-state index contributed by atoms with van der Waals surface area (Å²) in [6.07, 6.45) is 1.93. The van der Waals surface area contributed by atoms with E-state index in [1.165, 1.54) is 0 Å². The minimum atomic E-state index is -3.68. The number of hydrogen-bond acceptors (Lipinski definition) is 5. The fraction of sp³-hybridized carbons (Fsp3) is 0.250. The Morgan fingerprint density at radius 2 is 1.84 bits per heavy atom. The lowest BCUT2D eigenvalue weighted by Gasteiger charge is -2.23. The minimum Gasteiger partial charge on any atom is -0.333 e. The summed E-state index contributed by atoms with van der Waals surface area (Å²) in [6.45, 7) is 0.744. The van der Waals surface area contributed by atoms with E-state index >= 15 is 0 Å². The van der Waals surface area contributed by atoms with Gasteiger partial charge in [0.1, 0.15) is 5.01 Å². The zero-order chi connectivity index (χ0) is 22.1. The van der Waals surface area contributed by atoms with Gasteiger partial charge < -0.3 is 4.90 Å². The van der Waals surface area contributed by atoms with Crippen molar-refractivity contribution >= 4 is 48.3 Å². The van der Waals surface area contributed by atoms with Crippen molar-refractivity contribution in [3.63, 3.8) is 0 Å². The third-order valence-corrected chi connectivity index (χ3v) is 8.43. The molecule has 1 unspecified atom stereocenters. The lowest BCUT2D eigenvalue weighted by Crippen LogP contribution is -2.34. The molecule has 164 valence electrons. The lowest BCUT2D eigenvalue weighted by molar-refractivity contribution is -0.131. The predicted molar refractivity (Wildman–Crippen MR) is 127 cm³/mol. The number of hydrogen-bond donors (Lipinski definition) is 1. The van der Waals surface area contributed by atoms with Crippen molar-refractivity contribution < 1.29 is 13.2 Å². The quantitative estimate of drug-likeness (QED) is 0.455. The Bertz CT molecular complexity index is 1360. The molecule has 0 saturated carbocycles. The molecule has 3 aromatic carbocycles. The van der Waals surface area contributed by atoms with Crippen molar-refractivity contribution in [1.82, 2.24) is 14.6 Å². The molecule has 0 spiro atoms. The molecule has 1 amide bonds. The molecule has 32 heavy (non-hydrogen) atoms. The highest BCUT2D eigenvalue weighted by atomic mass is 32.2. The number of nitrogens with zero attached hydrogens (tertiary/aromatic N) is 2. The monoisotopic (exact) mass is 465 g/mol. The van der Waals surface area contributed by atoms with Crippen molar-refractivity contribution in [2.24, 2.45) is 0 Å². The Labute approximate surface area is 190 Å². The van der Waals surface area contributed by atoms with Gasteiger partial charge in [-0.15, -0.1) is 11.3 Å². The van der Waals surface area contributed by atoms with Crippen LogP contribution in [0.15, 0.2) is 71.6 Å². The number of para-hydroxylation sites is 1. The second kappa shape index (κ2) is 8.61. The molecule has 0 aliphatic carbocycles. The first kappa shape index (κ1) is 21.1. The van der Waals surface area contributed by atoms with Crippen molar-refractivity contribution in [2.75, 3.05) is 13.1 Å². The van der Waals surface area contributed by atoms with Gasteiger partial charge in [-0.1, -0.05) is 42.5 Å². The Hall–Kier alpha value is -2.81. The van der Waals surface area contributed by atoms with E-state index in [4.69, 9.17) is 4.98 Å². The van der Waals surface area contributed by atoms with Gasteiger partial charge in [0.05, 0.1) is 21.2 Å². The van der Waals surface area contributed by atoms with Crippen LogP contribution in [0.4, 0.5) is 0 Å². The molecule has 1 N–H and O–H groups in total. The van der Waals surface area contributed by atoms with Crippen LogP contribution in [0, 0.1) is 0 Å². The Morgan fingerprint density at radius 1 is 1.06 bits per heavy atom. The number of nitrogens with one attached hydrogen (secondary N) is 1. The fourth-order valence-corrected chi connectivity index (χ4v) is 6.39. The molecule has 1 aliphatic heterocycles. The maximum absolute atomic E-state index is 12.9. The molecular formula is C24H23N3O3S2. The van der Waals surface area contributed by atoms with Gasteiger partial charge in [-0.2, -0.15) is 0 Å². The fourth-order valence-electron chi connectivity index (χ4n) is 4.21. The molecule has 1 aromatic heterocycles. The second-order valence-electron chi connectivity index (χ2n) is 7.92. The number of thiazole rings is 1. The first-order chi connectivity index (χ1) is 15.5. The van der Waals surface area contributed by atoms with Crippen molar-refractivity contribution in [3.05, 3.63) is 71.7 Å². The number of rotatable bonds is 6. The first-order valence-electron chi connectivity index (χ1n) is 10.6. The van der Waals surface area contributed by atoms with E-state index < -0.39 is 10.0 Å². The van der Waals surface area contributed by atoms with Crippen LogP contribution in [0.25, 0.3) is 21.0 Å². The van der Waals surface area contributed by atoms with Crippen LogP contribution < -0.4 is 4.72 Å². The summed E-state index contributed by atoms with van der Waals surface area (Å²) in [4.78, 5) is 19.7. The van der Waals surface area contributed by atoms with E-state index in [-0.39, 0.29) is 29.8 Å². The number of benzene rings is 3. The van der Waals surface area contributed by atoms with Crippen molar-refractivity contribution in [1.29, 1.82) is 0 Å². The van der Waals surface area contributed by atoms with Gasteiger partial charge in [0.25, 0.3) is 0 Å². The number of likely N-dealkylation sites (tertiary alicyclic amines) is 1. The standard InChI is InChI=1S/C24H23N3O3S2/c28-23(27-15-5-9-21(27)24-26-20-8-3-4-10-22(20)31-24)13-14-25-32(29,30)19-12-11-17-6-1-2-7-18(17)16-19/h1-4,6-8,10-12,16,21,25H,5,9,13-15H2. The van der Waals surface area contributed by atoms with Gasteiger partial charge in [-0.25, -0.2) is 18.1 Å². The number of aromatic nitrogens is 1. The zero-order valence-electron chi connectivity index (χ0n) is 17.4. The SMILES string of the molecule is O=C(CCNS(=O)(=O)c1ccc2ccccc2c1)N1CCCC1c1nc2ccccc2s1. The number of amides is 1. The Kier molecular flexibility index (Phi) is 5.67. The van der Waals surface area contributed by atoms with Crippen molar-refractivity contribution in [3.8, 4) is 0 Å². The smallest absolute Gasteiger partial charge is 0.240 e. The Balaban J connectivity index is 1.24. The van der Waals surface area contributed by atoms with Crippen LogP contribution >= 0.6 is 11.3 Å². The molecule has 5 rings (SSSR count). The third-order valence-electron chi connectivity index (χ3n) is 5.83. The summed E-state index contributed by atoms with van der Waals surface area (Å²) in [5.74, 6) is -0.0482. The van der Waals surface area contributed by atoms with Crippen molar-refractivity contribution in [2.45, 2.75) is 30.2 Å². The van der Waals surface area contributed by atoms with E-state index in [1.54, 1.807) is 29.5 Å². The number of sulfonamides is 1. The average Bonchev–Trinajstić information content (AvgIpc) is 3.45. The van der Waals surface area contributed by atoms with Crippen LogP contribution in [-0.4, -0.2) is 37.3 Å². The largest absolute Gasteiger partial charge is 0.333 e. The lowest BCUT2D eigenvalue weighted by atomic mass is 10.1.